The molecule has 5 nitrogen and oxygen atoms in total. The van der Waals surface area contributed by atoms with Gasteiger partial charge in [0.05, 0.1) is 6.04 Å². The van der Waals surface area contributed by atoms with Gasteiger partial charge in [-0.2, -0.15) is 12.7 Å². The molecule has 2 N–H and O–H groups in total. The highest BCUT2D eigenvalue weighted by atomic mass is 32.2. The van der Waals surface area contributed by atoms with Crippen LogP contribution in [0.15, 0.2) is 0 Å². The first-order valence-corrected chi connectivity index (χ1v) is 7.38. The van der Waals surface area contributed by atoms with E-state index in [-0.39, 0.29) is 6.04 Å². The fourth-order valence-corrected chi connectivity index (χ4v) is 3.23. The Bertz CT molecular complexity index is 299. The highest BCUT2D eigenvalue weighted by Crippen LogP contribution is 2.10. The predicted molar refractivity (Wildman–Crippen MR) is 65.4 cm³/mol. The maximum atomic E-state index is 12.0. The van der Waals surface area contributed by atoms with Crippen molar-refractivity contribution in [3.05, 3.63) is 0 Å². The smallest absolute Gasteiger partial charge is 0.279 e. The summed E-state index contributed by atoms with van der Waals surface area (Å²) in [7, 11) is -3.30. The molecule has 0 atom stereocenters. The normalized spacial score (nSPS) is 18.1. The Kier molecular flexibility index (Phi) is 5.17. The van der Waals surface area contributed by atoms with Gasteiger partial charge in [0.25, 0.3) is 10.2 Å². The van der Waals surface area contributed by atoms with E-state index in [1.54, 1.807) is 4.31 Å². The summed E-state index contributed by atoms with van der Waals surface area (Å²) < 4.78 is 28.3. The van der Waals surface area contributed by atoms with Gasteiger partial charge in [0, 0.05) is 26.2 Å². The minimum Gasteiger partial charge on any atom is -0.313 e. The summed E-state index contributed by atoms with van der Waals surface area (Å²) in [5.74, 6) is 0.331. The number of hydrogen-bond acceptors (Lipinski definition) is 3. The molecule has 1 aliphatic rings. The van der Waals surface area contributed by atoms with Crippen molar-refractivity contribution >= 4 is 10.2 Å². The zero-order valence-corrected chi connectivity index (χ0v) is 11.2. The molecule has 0 radical (unpaired) electrons. The van der Waals surface area contributed by atoms with E-state index in [0.29, 0.717) is 19.0 Å². The molecule has 0 aromatic carbocycles. The zero-order valence-electron chi connectivity index (χ0n) is 10.4. The van der Waals surface area contributed by atoms with Gasteiger partial charge < -0.3 is 5.32 Å². The van der Waals surface area contributed by atoms with Crippen LogP contribution in [0.3, 0.4) is 0 Å². The lowest BCUT2D eigenvalue weighted by atomic mass is 10.2. The van der Waals surface area contributed by atoms with Crippen LogP contribution >= 0.6 is 0 Å². The quantitative estimate of drug-likeness (QED) is 0.676. The van der Waals surface area contributed by atoms with Gasteiger partial charge >= 0.3 is 0 Å². The van der Waals surface area contributed by atoms with Crippen molar-refractivity contribution in [3.63, 3.8) is 0 Å². The fourth-order valence-electron chi connectivity index (χ4n) is 1.55. The van der Waals surface area contributed by atoms with Gasteiger partial charge in [-0.3, -0.25) is 0 Å². The Labute approximate surface area is 98.8 Å². The molecule has 0 aliphatic carbocycles. The van der Waals surface area contributed by atoms with Gasteiger partial charge in [-0.1, -0.05) is 20.8 Å². The van der Waals surface area contributed by atoms with Crippen molar-refractivity contribution in [2.75, 3.05) is 26.2 Å². The van der Waals surface area contributed by atoms with E-state index in [1.807, 2.05) is 20.8 Å². The second-order valence-corrected chi connectivity index (χ2v) is 6.38. The van der Waals surface area contributed by atoms with Crippen LogP contribution in [0.1, 0.15) is 27.2 Å². The summed E-state index contributed by atoms with van der Waals surface area (Å²) in [6.45, 7) is 8.62. The van der Waals surface area contributed by atoms with E-state index in [9.17, 15) is 8.42 Å². The zero-order chi connectivity index (χ0) is 12.2. The third-order valence-corrected chi connectivity index (χ3v) is 4.22. The second-order valence-electron chi connectivity index (χ2n) is 4.67. The van der Waals surface area contributed by atoms with Crippen LogP contribution in [0.2, 0.25) is 0 Å². The lowest BCUT2D eigenvalue weighted by Gasteiger charge is -2.37. The molecule has 16 heavy (non-hydrogen) atoms. The van der Waals surface area contributed by atoms with Crippen LogP contribution in [0.25, 0.3) is 0 Å². The van der Waals surface area contributed by atoms with E-state index < -0.39 is 10.2 Å². The number of nitrogens with one attached hydrogen (secondary N) is 2. The van der Waals surface area contributed by atoms with Crippen molar-refractivity contribution in [2.45, 2.75) is 33.2 Å². The maximum Gasteiger partial charge on any atom is 0.279 e. The van der Waals surface area contributed by atoms with Gasteiger partial charge in [0.15, 0.2) is 0 Å². The molecule has 0 aromatic rings. The lowest BCUT2D eigenvalue weighted by Crippen LogP contribution is -2.61. The van der Waals surface area contributed by atoms with Crippen molar-refractivity contribution in [1.82, 2.24) is 14.3 Å². The molecule has 96 valence electrons. The molecule has 1 heterocycles. The minimum absolute atomic E-state index is 0.129. The van der Waals surface area contributed by atoms with E-state index in [4.69, 9.17) is 0 Å². The Morgan fingerprint density at radius 3 is 2.44 bits per heavy atom. The Balaban J connectivity index is 2.60. The van der Waals surface area contributed by atoms with Crippen LogP contribution < -0.4 is 10.0 Å². The first kappa shape index (κ1) is 13.9. The molecule has 0 bridgehead atoms. The van der Waals surface area contributed by atoms with E-state index >= 15 is 0 Å². The molecule has 0 saturated carbocycles. The van der Waals surface area contributed by atoms with Crippen LogP contribution in [0.4, 0.5) is 0 Å². The third kappa shape index (κ3) is 3.69. The standard InChI is InChI=1S/C10H23N3O2S/c1-4-5-13(10-7-11-8-10)16(14,15)12-6-9(2)3/h9-12H,4-8H2,1-3H3. The predicted octanol–water partition coefficient (Wildman–Crippen LogP) is 0.161. The molecular formula is C10H23N3O2S. The summed E-state index contributed by atoms with van der Waals surface area (Å²) in [4.78, 5) is 0. The summed E-state index contributed by atoms with van der Waals surface area (Å²) >= 11 is 0. The van der Waals surface area contributed by atoms with Gasteiger partial charge in [0.2, 0.25) is 0 Å². The third-order valence-electron chi connectivity index (χ3n) is 2.59. The molecule has 0 amide bonds. The maximum absolute atomic E-state index is 12.0. The summed E-state index contributed by atoms with van der Waals surface area (Å²) in [6, 6.07) is 0.129. The monoisotopic (exact) mass is 249 g/mol. The highest BCUT2D eigenvalue weighted by Gasteiger charge is 2.32. The lowest BCUT2D eigenvalue weighted by molar-refractivity contribution is 0.239. The first-order chi connectivity index (χ1) is 7.47. The Morgan fingerprint density at radius 2 is 2.06 bits per heavy atom. The molecule has 1 aliphatic heterocycles. The van der Waals surface area contributed by atoms with Crippen molar-refractivity contribution < 1.29 is 8.42 Å². The topological polar surface area (TPSA) is 61.4 Å². The fraction of sp³-hybridized carbons (Fsp3) is 1.00. The van der Waals surface area contributed by atoms with Gasteiger partial charge in [-0.15, -0.1) is 0 Å². The van der Waals surface area contributed by atoms with Crippen molar-refractivity contribution in [1.29, 1.82) is 0 Å². The van der Waals surface area contributed by atoms with E-state index in [1.165, 1.54) is 0 Å². The van der Waals surface area contributed by atoms with Crippen LogP contribution in [0.5, 0.6) is 0 Å². The van der Waals surface area contributed by atoms with Crippen molar-refractivity contribution in [3.8, 4) is 0 Å². The molecule has 0 unspecified atom stereocenters. The SMILES string of the molecule is CCCN(C1CNC1)S(=O)(=O)NCC(C)C. The molecule has 1 saturated heterocycles. The number of rotatable bonds is 7. The molecular weight excluding hydrogens is 226 g/mol. The Morgan fingerprint density at radius 1 is 1.44 bits per heavy atom. The molecule has 1 fully saturated rings. The molecule has 0 aromatic heterocycles. The number of nitrogens with zero attached hydrogens (tertiary/aromatic N) is 1. The molecule has 6 heteroatoms. The van der Waals surface area contributed by atoms with Crippen molar-refractivity contribution in [2.24, 2.45) is 5.92 Å². The number of hydrogen-bond donors (Lipinski definition) is 2. The van der Waals surface area contributed by atoms with E-state index in [2.05, 4.69) is 10.0 Å². The highest BCUT2D eigenvalue weighted by molar-refractivity contribution is 7.87. The summed E-state index contributed by atoms with van der Waals surface area (Å²) in [5.41, 5.74) is 0. The minimum atomic E-state index is -3.30. The second kappa shape index (κ2) is 5.95. The van der Waals surface area contributed by atoms with Gasteiger partial charge in [0.1, 0.15) is 0 Å². The van der Waals surface area contributed by atoms with Gasteiger partial charge in [-0.25, -0.2) is 4.72 Å². The van der Waals surface area contributed by atoms with E-state index in [0.717, 1.165) is 19.5 Å². The average Bonchev–Trinajstić information content (AvgIpc) is 2.11. The summed E-state index contributed by atoms with van der Waals surface area (Å²) in [5, 5.41) is 3.10. The largest absolute Gasteiger partial charge is 0.313 e. The van der Waals surface area contributed by atoms with Crippen LogP contribution in [-0.2, 0) is 10.2 Å². The Hall–Kier alpha value is -0.170. The van der Waals surface area contributed by atoms with Gasteiger partial charge in [-0.05, 0) is 12.3 Å². The van der Waals surface area contributed by atoms with Crippen LogP contribution in [-0.4, -0.2) is 44.9 Å². The average molecular weight is 249 g/mol. The molecule has 0 spiro atoms. The first-order valence-electron chi connectivity index (χ1n) is 5.94. The molecule has 1 rings (SSSR count). The summed E-state index contributed by atoms with van der Waals surface area (Å²) in [6.07, 6.45) is 0.846. The van der Waals surface area contributed by atoms with Crippen LogP contribution in [0, 0.1) is 5.92 Å².